The van der Waals surface area contributed by atoms with Crippen molar-refractivity contribution in [1.29, 1.82) is 0 Å². The number of benzene rings is 1. The van der Waals surface area contributed by atoms with Gasteiger partial charge in [-0.2, -0.15) is 0 Å². The Morgan fingerprint density at radius 2 is 2.14 bits per heavy atom. The number of aliphatic hydroxyl groups is 1. The third-order valence-electron chi connectivity index (χ3n) is 3.07. The van der Waals surface area contributed by atoms with Crippen molar-refractivity contribution >= 4 is 10.9 Å². The number of fused-ring (bicyclic) bond motifs is 3. The lowest BCUT2D eigenvalue weighted by molar-refractivity contribution is 0.158. The number of nitrogens with one attached hydrogen (secondary N) is 1. The maximum atomic E-state index is 9.93. The van der Waals surface area contributed by atoms with Gasteiger partial charge in [-0.05, 0) is 25.3 Å². The average molecular weight is 187 g/mol. The fraction of sp³-hybridized carbons (Fsp3) is 0.333. The highest BCUT2D eigenvalue weighted by atomic mass is 16.3. The molecular formula is C12H13NO. The SMILES string of the molecule is O[C@@H]1CCCc2[nH]c3ccccc3c21. The molecule has 14 heavy (non-hydrogen) atoms. The zero-order valence-electron chi connectivity index (χ0n) is 7.96. The molecule has 0 aliphatic heterocycles. The molecule has 2 N–H and O–H groups in total. The topological polar surface area (TPSA) is 36.0 Å². The molecule has 0 radical (unpaired) electrons. The Morgan fingerprint density at radius 3 is 3.07 bits per heavy atom. The Bertz CT molecular complexity index is 472. The molecule has 2 aromatic rings. The minimum atomic E-state index is -0.269. The quantitative estimate of drug-likeness (QED) is 0.653. The second-order valence-corrected chi connectivity index (χ2v) is 3.97. The predicted molar refractivity (Wildman–Crippen MR) is 56.2 cm³/mol. The number of aryl methyl sites for hydroxylation is 1. The maximum absolute atomic E-state index is 9.93. The minimum Gasteiger partial charge on any atom is -0.388 e. The van der Waals surface area contributed by atoms with E-state index in [2.05, 4.69) is 17.1 Å². The van der Waals surface area contributed by atoms with Crippen molar-refractivity contribution in [2.24, 2.45) is 0 Å². The zero-order valence-corrected chi connectivity index (χ0v) is 7.96. The van der Waals surface area contributed by atoms with Crippen molar-refractivity contribution in [1.82, 2.24) is 4.98 Å². The number of hydrogen-bond donors (Lipinski definition) is 2. The molecule has 1 heterocycles. The second-order valence-electron chi connectivity index (χ2n) is 3.97. The molecule has 0 amide bonds. The van der Waals surface area contributed by atoms with Gasteiger partial charge in [-0.1, -0.05) is 18.2 Å². The van der Waals surface area contributed by atoms with E-state index in [4.69, 9.17) is 0 Å². The van der Waals surface area contributed by atoms with Gasteiger partial charge in [0.05, 0.1) is 6.10 Å². The molecular weight excluding hydrogens is 174 g/mol. The van der Waals surface area contributed by atoms with Crippen molar-refractivity contribution in [3.05, 3.63) is 35.5 Å². The summed E-state index contributed by atoms with van der Waals surface area (Å²) in [7, 11) is 0. The van der Waals surface area contributed by atoms with Gasteiger partial charge >= 0.3 is 0 Å². The van der Waals surface area contributed by atoms with Crippen molar-refractivity contribution in [3.63, 3.8) is 0 Å². The Labute approximate surface area is 82.6 Å². The summed E-state index contributed by atoms with van der Waals surface area (Å²) in [5.74, 6) is 0. The van der Waals surface area contributed by atoms with Crippen LogP contribution in [0.4, 0.5) is 0 Å². The van der Waals surface area contributed by atoms with Crippen LogP contribution in [0.25, 0.3) is 10.9 Å². The van der Waals surface area contributed by atoms with Crippen molar-refractivity contribution < 1.29 is 5.11 Å². The zero-order chi connectivity index (χ0) is 9.54. The highest BCUT2D eigenvalue weighted by Gasteiger charge is 2.22. The molecule has 1 aromatic heterocycles. The monoisotopic (exact) mass is 187 g/mol. The van der Waals surface area contributed by atoms with Crippen LogP contribution in [0.5, 0.6) is 0 Å². The van der Waals surface area contributed by atoms with Crippen LogP contribution in [0.1, 0.15) is 30.2 Å². The number of aliphatic hydroxyl groups excluding tert-OH is 1. The first-order valence-corrected chi connectivity index (χ1v) is 5.14. The number of H-pyrrole nitrogens is 1. The van der Waals surface area contributed by atoms with E-state index in [0.717, 1.165) is 30.3 Å². The highest BCUT2D eigenvalue weighted by Crippen LogP contribution is 2.35. The molecule has 0 unspecified atom stereocenters. The summed E-state index contributed by atoms with van der Waals surface area (Å²) in [6, 6.07) is 8.20. The lowest BCUT2D eigenvalue weighted by atomic mass is 9.93. The standard InChI is InChI=1S/C12H13NO/c14-11-7-3-6-10-12(11)8-4-1-2-5-9(8)13-10/h1-2,4-5,11,13-14H,3,6-7H2/t11-/m1/s1. The van der Waals surface area contributed by atoms with Gasteiger partial charge in [-0.3, -0.25) is 0 Å². The van der Waals surface area contributed by atoms with E-state index < -0.39 is 0 Å². The molecule has 0 saturated carbocycles. The smallest absolute Gasteiger partial charge is 0.0813 e. The van der Waals surface area contributed by atoms with E-state index in [1.54, 1.807) is 0 Å². The first-order chi connectivity index (χ1) is 6.86. The van der Waals surface area contributed by atoms with Crippen LogP contribution in [0, 0.1) is 0 Å². The van der Waals surface area contributed by atoms with Crippen LogP contribution >= 0.6 is 0 Å². The molecule has 0 fully saturated rings. The Hall–Kier alpha value is -1.28. The van der Waals surface area contributed by atoms with Gasteiger partial charge in [-0.15, -0.1) is 0 Å². The summed E-state index contributed by atoms with van der Waals surface area (Å²) in [6.07, 6.45) is 2.78. The van der Waals surface area contributed by atoms with Crippen molar-refractivity contribution in [2.45, 2.75) is 25.4 Å². The molecule has 1 aliphatic carbocycles. The van der Waals surface area contributed by atoms with Crippen LogP contribution < -0.4 is 0 Å². The predicted octanol–water partition coefficient (Wildman–Crippen LogP) is 2.54. The number of hydrogen-bond acceptors (Lipinski definition) is 1. The van der Waals surface area contributed by atoms with E-state index in [0.29, 0.717) is 0 Å². The number of para-hydroxylation sites is 1. The maximum Gasteiger partial charge on any atom is 0.0813 e. The van der Waals surface area contributed by atoms with Crippen LogP contribution in [-0.2, 0) is 6.42 Å². The van der Waals surface area contributed by atoms with Crippen LogP contribution in [-0.4, -0.2) is 10.1 Å². The molecule has 2 heteroatoms. The molecule has 1 atom stereocenters. The summed E-state index contributed by atoms with van der Waals surface area (Å²) in [5, 5.41) is 11.1. The lowest BCUT2D eigenvalue weighted by Gasteiger charge is -2.17. The Morgan fingerprint density at radius 1 is 1.29 bits per heavy atom. The largest absolute Gasteiger partial charge is 0.388 e. The van der Waals surface area contributed by atoms with E-state index in [-0.39, 0.29) is 6.10 Å². The molecule has 3 rings (SSSR count). The van der Waals surface area contributed by atoms with E-state index in [1.165, 1.54) is 11.1 Å². The van der Waals surface area contributed by atoms with Gasteiger partial charge in [0.25, 0.3) is 0 Å². The van der Waals surface area contributed by atoms with Gasteiger partial charge in [0.15, 0.2) is 0 Å². The molecule has 2 nitrogen and oxygen atoms in total. The van der Waals surface area contributed by atoms with Gasteiger partial charge < -0.3 is 10.1 Å². The third kappa shape index (κ3) is 1.01. The molecule has 1 aromatic carbocycles. The van der Waals surface area contributed by atoms with E-state index >= 15 is 0 Å². The Kier molecular flexibility index (Phi) is 1.64. The minimum absolute atomic E-state index is 0.269. The first-order valence-electron chi connectivity index (χ1n) is 5.14. The summed E-state index contributed by atoms with van der Waals surface area (Å²) in [5.41, 5.74) is 3.51. The average Bonchev–Trinajstić information content (AvgIpc) is 2.57. The van der Waals surface area contributed by atoms with Gasteiger partial charge in [-0.25, -0.2) is 0 Å². The van der Waals surface area contributed by atoms with Crippen LogP contribution in [0.3, 0.4) is 0 Å². The first kappa shape index (κ1) is 8.06. The van der Waals surface area contributed by atoms with Crippen LogP contribution in [0.15, 0.2) is 24.3 Å². The van der Waals surface area contributed by atoms with Gasteiger partial charge in [0, 0.05) is 22.2 Å². The number of rotatable bonds is 0. The number of aromatic amines is 1. The molecule has 0 spiro atoms. The van der Waals surface area contributed by atoms with Gasteiger partial charge in [0.2, 0.25) is 0 Å². The molecule has 1 aliphatic rings. The summed E-state index contributed by atoms with van der Waals surface area (Å²) >= 11 is 0. The summed E-state index contributed by atoms with van der Waals surface area (Å²) < 4.78 is 0. The van der Waals surface area contributed by atoms with Crippen molar-refractivity contribution in [2.75, 3.05) is 0 Å². The lowest BCUT2D eigenvalue weighted by Crippen LogP contribution is -2.07. The fourth-order valence-electron chi connectivity index (χ4n) is 2.41. The number of aromatic nitrogens is 1. The normalized spacial score (nSPS) is 21.1. The molecule has 0 saturated heterocycles. The summed E-state index contributed by atoms with van der Waals surface area (Å²) in [6.45, 7) is 0. The highest BCUT2D eigenvalue weighted by molar-refractivity contribution is 5.85. The second kappa shape index (κ2) is 2.85. The molecule has 0 bridgehead atoms. The van der Waals surface area contributed by atoms with Crippen LogP contribution in [0.2, 0.25) is 0 Å². The third-order valence-corrected chi connectivity index (χ3v) is 3.07. The molecule has 72 valence electrons. The van der Waals surface area contributed by atoms with E-state index in [1.807, 2.05) is 12.1 Å². The van der Waals surface area contributed by atoms with Gasteiger partial charge in [0.1, 0.15) is 0 Å². The summed E-state index contributed by atoms with van der Waals surface area (Å²) in [4.78, 5) is 3.39. The van der Waals surface area contributed by atoms with Crippen molar-refractivity contribution in [3.8, 4) is 0 Å². The Balaban J connectivity index is 2.34. The van der Waals surface area contributed by atoms with E-state index in [9.17, 15) is 5.11 Å². The fourth-order valence-corrected chi connectivity index (χ4v) is 2.41.